The molecular formula is C14H18FN. The highest BCUT2D eigenvalue weighted by molar-refractivity contribution is 5.31. The first-order valence-electron chi connectivity index (χ1n) is 6.29. The predicted molar refractivity (Wildman–Crippen MR) is 62.9 cm³/mol. The van der Waals surface area contributed by atoms with Crippen molar-refractivity contribution in [1.29, 1.82) is 0 Å². The van der Waals surface area contributed by atoms with Crippen LogP contribution in [0, 0.1) is 11.7 Å². The highest BCUT2D eigenvalue weighted by Crippen LogP contribution is 2.51. The Hall–Kier alpha value is -0.890. The topological polar surface area (TPSA) is 12.0 Å². The summed E-state index contributed by atoms with van der Waals surface area (Å²) >= 11 is 0. The number of benzene rings is 1. The molecular weight excluding hydrogens is 201 g/mol. The lowest BCUT2D eigenvalue weighted by Gasteiger charge is -2.47. The molecule has 1 nitrogen and oxygen atoms in total. The summed E-state index contributed by atoms with van der Waals surface area (Å²) in [5, 5.41) is 3.41. The SMILES string of the molecule is Fc1ccccc1C1(C2CCNC2)CCC1. The van der Waals surface area contributed by atoms with Crippen molar-refractivity contribution in [2.75, 3.05) is 13.1 Å². The molecule has 1 atom stereocenters. The van der Waals surface area contributed by atoms with Crippen molar-refractivity contribution >= 4 is 0 Å². The van der Waals surface area contributed by atoms with Crippen molar-refractivity contribution in [2.24, 2.45) is 5.92 Å². The molecule has 2 aliphatic rings. The molecule has 1 saturated carbocycles. The van der Waals surface area contributed by atoms with Crippen LogP contribution in [0.15, 0.2) is 24.3 Å². The molecule has 2 fully saturated rings. The van der Waals surface area contributed by atoms with Crippen LogP contribution >= 0.6 is 0 Å². The zero-order chi connectivity index (χ0) is 11.0. The monoisotopic (exact) mass is 219 g/mol. The largest absolute Gasteiger partial charge is 0.316 e. The molecule has 1 aromatic carbocycles. The molecule has 3 rings (SSSR count). The minimum atomic E-state index is -0.00546. The van der Waals surface area contributed by atoms with Gasteiger partial charge in [0, 0.05) is 5.41 Å². The fourth-order valence-corrected chi connectivity index (χ4v) is 3.45. The van der Waals surface area contributed by atoms with Gasteiger partial charge in [-0.2, -0.15) is 0 Å². The first kappa shape index (κ1) is 10.3. The summed E-state index contributed by atoms with van der Waals surface area (Å²) in [5.74, 6) is 0.632. The summed E-state index contributed by atoms with van der Waals surface area (Å²) < 4.78 is 13.9. The number of nitrogens with one attached hydrogen (secondary N) is 1. The maximum atomic E-state index is 13.9. The van der Waals surface area contributed by atoms with E-state index >= 15 is 0 Å². The van der Waals surface area contributed by atoms with Gasteiger partial charge in [0.25, 0.3) is 0 Å². The van der Waals surface area contributed by atoms with Gasteiger partial charge in [-0.15, -0.1) is 0 Å². The average molecular weight is 219 g/mol. The standard InChI is InChI=1S/C14H18FN/c15-13-5-2-1-4-12(13)14(7-3-8-14)11-6-9-16-10-11/h1-2,4-5,11,16H,3,6-10H2. The molecule has 2 heteroatoms. The van der Waals surface area contributed by atoms with E-state index in [0.717, 1.165) is 18.7 Å². The van der Waals surface area contributed by atoms with Crippen LogP contribution in [0.4, 0.5) is 4.39 Å². The Morgan fingerprint density at radius 3 is 2.62 bits per heavy atom. The maximum Gasteiger partial charge on any atom is 0.126 e. The van der Waals surface area contributed by atoms with E-state index in [1.54, 1.807) is 12.1 Å². The molecule has 1 aliphatic carbocycles. The number of hydrogen-bond donors (Lipinski definition) is 1. The van der Waals surface area contributed by atoms with E-state index in [2.05, 4.69) is 5.32 Å². The molecule has 16 heavy (non-hydrogen) atoms. The van der Waals surface area contributed by atoms with Gasteiger partial charge in [-0.3, -0.25) is 0 Å². The summed E-state index contributed by atoms with van der Waals surface area (Å²) in [7, 11) is 0. The van der Waals surface area contributed by atoms with Crippen molar-refractivity contribution in [2.45, 2.75) is 31.1 Å². The number of halogens is 1. The summed E-state index contributed by atoms with van der Waals surface area (Å²) in [4.78, 5) is 0. The zero-order valence-electron chi connectivity index (χ0n) is 9.51. The van der Waals surface area contributed by atoms with Crippen LogP contribution in [0.3, 0.4) is 0 Å². The van der Waals surface area contributed by atoms with Crippen molar-refractivity contribution in [3.63, 3.8) is 0 Å². The molecule has 86 valence electrons. The van der Waals surface area contributed by atoms with Gasteiger partial charge >= 0.3 is 0 Å². The van der Waals surface area contributed by atoms with Crippen LogP contribution in [0.2, 0.25) is 0 Å². The molecule has 0 spiro atoms. The molecule has 0 radical (unpaired) electrons. The van der Waals surface area contributed by atoms with E-state index in [9.17, 15) is 4.39 Å². The van der Waals surface area contributed by atoms with Crippen LogP contribution in [0.5, 0.6) is 0 Å². The Kier molecular flexibility index (Phi) is 2.47. The molecule has 1 heterocycles. The normalized spacial score (nSPS) is 27.7. The molecule has 0 amide bonds. The Bertz CT molecular complexity index is 378. The van der Waals surface area contributed by atoms with E-state index in [1.165, 1.54) is 25.7 Å². The molecule has 1 aliphatic heterocycles. The first-order valence-corrected chi connectivity index (χ1v) is 6.29. The van der Waals surface area contributed by atoms with Gasteiger partial charge in [-0.05, 0) is 49.9 Å². The average Bonchev–Trinajstić information content (AvgIpc) is 2.73. The molecule has 1 aromatic rings. The van der Waals surface area contributed by atoms with E-state index in [-0.39, 0.29) is 11.2 Å². The van der Waals surface area contributed by atoms with E-state index in [0.29, 0.717) is 5.92 Å². The van der Waals surface area contributed by atoms with Gasteiger partial charge in [-0.1, -0.05) is 24.6 Å². The van der Waals surface area contributed by atoms with Gasteiger partial charge < -0.3 is 5.32 Å². The third-order valence-electron chi connectivity index (χ3n) is 4.50. The Morgan fingerprint density at radius 2 is 2.06 bits per heavy atom. The Labute approximate surface area is 96.1 Å². The van der Waals surface area contributed by atoms with Crippen molar-refractivity contribution in [3.05, 3.63) is 35.6 Å². The van der Waals surface area contributed by atoms with E-state index < -0.39 is 0 Å². The highest BCUT2D eigenvalue weighted by atomic mass is 19.1. The fourth-order valence-electron chi connectivity index (χ4n) is 3.45. The number of hydrogen-bond acceptors (Lipinski definition) is 1. The van der Waals surface area contributed by atoms with Gasteiger partial charge in [0.05, 0.1) is 0 Å². The van der Waals surface area contributed by atoms with Crippen molar-refractivity contribution < 1.29 is 4.39 Å². The Balaban J connectivity index is 1.98. The summed E-state index contributed by atoms with van der Waals surface area (Å²) in [5.41, 5.74) is 1.12. The molecule has 1 saturated heterocycles. The maximum absolute atomic E-state index is 13.9. The molecule has 1 N–H and O–H groups in total. The summed E-state index contributed by atoms with van der Waals surface area (Å²) in [6, 6.07) is 7.36. The van der Waals surface area contributed by atoms with Crippen LogP contribution in [0.1, 0.15) is 31.2 Å². The smallest absolute Gasteiger partial charge is 0.126 e. The van der Waals surface area contributed by atoms with Gasteiger partial charge in [-0.25, -0.2) is 4.39 Å². The molecule has 0 bridgehead atoms. The van der Waals surface area contributed by atoms with Gasteiger partial charge in [0.15, 0.2) is 0 Å². The van der Waals surface area contributed by atoms with Crippen LogP contribution in [-0.2, 0) is 5.41 Å². The minimum Gasteiger partial charge on any atom is -0.316 e. The summed E-state index contributed by atoms with van der Waals surface area (Å²) in [6.45, 7) is 2.16. The second kappa shape index (κ2) is 3.85. The molecule has 0 aromatic heterocycles. The lowest BCUT2D eigenvalue weighted by Crippen LogP contribution is -2.43. The predicted octanol–water partition coefficient (Wildman–Crippen LogP) is 2.86. The van der Waals surface area contributed by atoms with Crippen LogP contribution in [-0.4, -0.2) is 13.1 Å². The quantitative estimate of drug-likeness (QED) is 0.806. The Morgan fingerprint density at radius 1 is 1.25 bits per heavy atom. The van der Waals surface area contributed by atoms with Crippen LogP contribution in [0.25, 0.3) is 0 Å². The minimum absolute atomic E-state index is 0.00546. The zero-order valence-corrected chi connectivity index (χ0v) is 9.51. The third kappa shape index (κ3) is 1.40. The molecule has 1 unspecified atom stereocenters. The van der Waals surface area contributed by atoms with Crippen molar-refractivity contribution in [1.82, 2.24) is 5.32 Å². The highest BCUT2D eigenvalue weighted by Gasteiger charge is 2.47. The lowest BCUT2D eigenvalue weighted by molar-refractivity contribution is 0.151. The van der Waals surface area contributed by atoms with Gasteiger partial charge in [0.2, 0.25) is 0 Å². The number of rotatable bonds is 2. The second-order valence-corrected chi connectivity index (χ2v) is 5.18. The first-order chi connectivity index (χ1) is 7.83. The second-order valence-electron chi connectivity index (χ2n) is 5.18. The lowest BCUT2D eigenvalue weighted by atomic mass is 9.57. The van der Waals surface area contributed by atoms with E-state index in [4.69, 9.17) is 0 Å². The third-order valence-corrected chi connectivity index (χ3v) is 4.50. The fraction of sp³-hybridized carbons (Fsp3) is 0.571. The van der Waals surface area contributed by atoms with Crippen molar-refractivity contribution in [3.8, 4) is 0 Å². The van der Waals surface area contributed by atoms with Gasteiger partial charge in [0.1, 0.15) is 5.82 Å². The van der Waals surface area contributed by atoms with E-state index in [1.807, 2.05) is 12.1 Å². The van der Waals surface area contributed by atoms with Crippen LogP contribution < -0.4 is 5.32 Å². The summed E-state index contributed by atoms with van der Waals surface area (Å²) in [6.07, 6.45) is 4.79.